The Morgan fingerprint density at radius 2 is 2.05 bits per heavy atom. The molecule has 1 aliphatic carbocycles. The fourth-order valence-electron chi connectivity index (χ4n) is 3.56. The van der Waals surface area contributed by atoms with Crippen LogP contribution in [0, 0.1) is 17.2 Å². The standard InChI is InChI=1S/C16H19NO2/c17-11-16(15(18)13-6-9-19-10-7-13)8-5-12-3-1-2-4-14(12)16/h1-4,13,15,18H,5-10H2. The molecule has 0 amide bonds. The maximum absolute atomic E-state index is 10.8. The Labute approximate surface area is 113 Å². The zero-order valence-electron chi connectivity index (χ0n) is 11.0. The molecule has 0 saturated carbocycles. The van der Waals surface area contributed by atoms with E-state index in [1.807, 2.05) is 18.2 Å². The van der Waals surface area contributed by atoms with Crippen LogP contribution in [-0.4, -0.2) is 24.4 Å². The van der Waals surface area contributed by atoms with Gasteiger partial charge in [-0.2, -0.15) is 5.26 Å². The van der Waals surface area contributed by atoms with E-state index >= 15 is 0 Å². The van der Waals surface area contributed by atoms with Crippen molar-refractivity contribution >= 4 is 0 Å². The van der Waals surface area contributed by atoms with Gasteiger partial charge in [-0.1, -0.05) is 24.3 Å². The summed E-state index contributed by atoms with van der Waals surface area (Å²) in [5, 5.41) is 20.5. The van der Waals surface area contributed by atoms with Crippen molar-refractivity contribution in [2.75, 3.05) is 13.2 Å². The van der Waals surface area contributed by atoms with Crippen molar-refractivity contribution in [2.45, 2.75) is 37.2 Å². The first-order chi connectivity index (χ1) is 9.28. The van der Waals surface area contributed by atoms with Crippen LogP contribution < -0.4 is 0 Å². The zero-order valence-corrected chi connectivity index (χ0v) is 11.0. The quantitative estimate of drug-likeness (QED) is 0.883. The summed E-state index contributed by atoms with van der Waals surface area (Å²) in [4.78, 5) is 0. The lowest BCUT2D eigenvalue weighted by Gasteiger charge is -2.36. The molecule has 2 unspecified atom stereocenters. The molecule has 1 saturated heterocycles. The molecule has 1 aromatic carbocycles. The number of nitrogens with zero attached hydrogens (tertiary/aromatic N) is 1. The lowest BCUT2D eigenvalue weighted by atomic mass is 9.71. The van der Waals surface area contributed by atoms with Gasteiger partial charge < -0.3 is 9.84 Å². The number of hydrogen-bond acceptors (Lipinski definition) is 3. The number of hydrogen-bond donors (Lipinski definition) is 1. The summed E-state index contributed by atoms with van der Waals surface area (Å²) in [6.45, 7) is 1.40. The fourth-order valence-corrected chi connectivity index (χ4v) is 3.56. The minimum Gasteiger partial charge on any atom is -0.391 e. The summed E-state index contributed by atoms with van der Waals surface area (Å²) in [5.41, 5.74) is 1.55. The van der Waals surface area contributed by atoms with Crippen molar-refractivity contribution < 1.29 is 9.84 Å². The van der Waals surface area contributed by atoms with Crippen molar-refractivity contribution in [3.05, 3.63) is 35.4 Å². The summed E-state index contributed by atoms with van der Waals surface area (Å²) in [6.07, 6.45) is 2.76. The molecule has 3 heteroatoms. The number of benzene rings is 1. The highest BCUT2D eigenvalue weighted by atomic mass is 16.5. The van der Waals surface area contributed by atoms with Crippen LogP contribution in [0.15, 0.2) is 24.3 Å². The van der Waals surface area contributed by atoms with Gasteiger partial charge in [0.25, 0.3) is 0 Å². The number of aryl methyl sites for hydroxylation is 1. The lowest BCUT2D eigenvalue weighted by molar-refractivity contribution is -0.0164. The minimum absolute atomic E-state index is 0.180. The van der Waals surface area contributed by atoms with Gasteiger partial charge in [-0.15, -0.1) is 0 Å². The normalized spacial score (nSPS) is 28.6. The van der Waals surface area contributed by atoms with Crippen LogP contribution in [0.5, 0.6) is 0 Å². The smallest absolute Gasteiger partial charge is 0.109 e. The molecule has 19 heavy (non-hydrogen) atoms. The molecule has 1 aliphatic heterocycles. The zero-order chi connectivity index (χ0) is 13.3. The Morgan fingerprint density at radius 1 is 1.32 bits per heavy atom. The van der Waals surface area contributed by atoms with Crippen LogP contribution in [0.2, 0.25) is 0 Å². The van der Waals surface area contributed by atoms with E-state index in [-0.39, 0.29) is 5.92 Å². The summed E-state index contributed by atoms with van der Waals surface area (Å²) in [7, 11) is 0. The third-order valence-corrected chi connectivity index (χ3v) is 4.70. The third-order valence-electron chi connectivity index (χ3n) is 4.70. The monoisotopic (exact) mass is 257 g/mol. The number of nitriles is 1. The molecule has 0 spiro atoms. The summed E-state index contributed by atoms with van der Waals surface area (Å²) >= 11 is 0. The summed E-state index contributed by atoms with van der Waals surface area (Å²) < 4.78 is 5.35. The van der Waals surface area contributed by atoms with Crippen molar-refractivity contribution in [1.29, 1.82) is 5.26 Å². The molecule has 1 aromatic rings. The van der Waals surface area contributed by atoms with E-state index in [9.17, 15) is 10.4 Å². The molecule has 0 aromatic heterocycles. The number of fused-ring (bicyclic) bond motifs is 1. The molecule has 0 bridgehead atoms. The van der Waals surface area contributed by atoms with Gasteiger partial charge in [-0.3, -0.25) is 0 Å². The Balaban J connectivity index is 1.94. The highest BCUT2D eigenvalue weighted by Gasteiger charge is 2.48. The van der Waals surface area contributed by atoms with E-state index in [1.165, 1.54) is 5.56 Å². The van der Waals surface area contributed by atoms with E-state index in [1.54, 1.807) is 0 Å². The number of aliphatic hydroxyl groups excluding tert-OH is 1. The van der Waals surface area contributed by atoms with E-state index in [0.29, 0.717) is 13.2 Å². The van der Waals surface area contributed by atoms with Gasteiger partial charge in [-0.25, -0.2) is 0 Å². The molecule has 2 aliphatic rings. The van der Waals surface area contributed by atoms with Gasteiger partial charge in [0.05, 0.1) is 12.2 Å². The minimum atomic E-state index is -0.710. The first-order valence-electron chi connectivity index (χ1n) is 7.03. The SMILES string of the molecule is N#CC1(C(O)C2CCOCC2)CCc2ccccc21. The number of aliphatic hydroxyl groups is 1. The molecule has 3 rings (SSSR count). The maximum atomic E-state index is 10.8. The second kappa shape index (κ2) is 4.96. The Hall–Kier alpha value is -1.37. The third kappa shape index (κ3) is 1.96. The van der Waals surface area contributed by atoms with Gasteiger partial charge >= 0.3 is 0 Å². The molecule has 1 fully saturated rings. The highest BCUT2D eigenvalue weighted by molar-refractivity contribution is 5.45. The van der Waals surface area contributed by atoms with Crippen LogP contribution in [0.4, 0.5) is 0 Å². The molecule has 1 heterocycles. The van der Waals surface area contributed by atoms with Crippen LogP contribution in [0.3, 0.4) is 0 Å². The van der Waals surface area contributed by atoms with E-state index in [4.69, 9.17) is 4.74 Å². The van der Waals surface area contributed by atoms with Crippen molar-refractivity contribution in [2.24, 2.45) is 5.92 Å². The average Bonchev–Trinajstić information content (AvgIpc) is 2.87. The molecule has 0 radical (unpaired) electrons. The molecular formula is C16H19NO2. The van der Waals surface area contributed by atoms with E-state index in [0.717, 1.165) is 31.2 Å². The van der Waals surface area contributed by atoms with Crippen LogP contribution in [0.25, 0.3) is 0 Å². The first kappa shape index (κ1) is 12.7. The second-order valence-electron chi connectivity index (χ2n) is 5.63. The van der Waals surface area contributed by atoms with Gasteiger partial charge in [0.2, 0.25) is 0 Å². The average molecular weight is 257 g/mol. The topological polar surface area (TPSA) is 53.2 Å². The van der Waals surface area contributed by atoms with Gasteiger partial charge in [-0.05, 0) is 42.7 Å². The van der Waals surface area contributed by atoms with E-state index in [2.05, 4.69) is 12.1 Å². The predicted molar refractivity (Wildman–Crippen MR) is 71.6 cm³/mol. The predicted octanol–water partition coefficient (Wildman–Crippen LogP) is 2.18. The molecule has 100 valence electrons. The maximum Gasteiger partial charge on any atom is 0.109 e. The van der Waals surface area contributed by atoms with Gasteiger partial charge in [0, 0.05) is 13.2 Å². The van der Waals surface area contributed by atoms with Crippen LogP contribution in [0.1, 0.15) is 30.4 Å². The van der Waals surface area contributed by atoms with E-state index < -0.39 is 11.5 Å². The van der Waals surface area contributed by atoms with Gasteiger partial charge in [0.15, 0.2) is 0 Å². The van der Waals surface area contributed by atoms with Crippen molar-refractivity contribution in [1.82, 2.24) is 0 Å². The van der Waals surface area contributed by atoms with Crippen LogP contribution >= 0.6 is 0 Å². The second-order valence-corrected chi connectivity index (χ2v) is 5.63. The molecular weight excluding hydrogens is 238 g/mol. The summed E-state index contributed by atoms with van der Waals surface area (Å²) in [6, 6.07) is 10.5. The molecule has 3 nitrogen and oxygen atoms in total. The number of rotatable bonds is 2. The Kier molecular flexibility index (Phi) is 3.30. The van der Waals surface area contributed by atoms with Crippen LogP contribution in [-0.2, 0) is 16.6 Å². The van der Waals surface area contributed by atoms with Gasteiger partial charge in [0.1, 0.15) is 5.41 Å². The molecule has 1 N–H and O–H groups in total. The Bertz CT molecular complexity index is 502. The first-order valence-corrected chi connectivity index (χ1v) is 7.03. The highest BCUT2D eigenvalue weighted by Crippen LogP contribution is 2.44. The van der Waals surface area contributed by atoms with Crippen molar-refractivity contribution in [3.63, 3.8) is 0 Å². The van der Waals surface area contributed by atoms with Crippen molar-refractivity contribution in [3.8, 4) is 6.07 Å². The Morgan fingerprint density at radius 3 is 2.79 bits per heavy atom. The largest absolute Gasteiger partial charge is 0.391 e. The fraction of sp³-hybridized carbons (Fsp3) is 0.562. The number of ether oxygens (including phenoxy) is 1. The lowest BCUT2D eigenvalue weighted by Crippen LogP contribution is -2.43. The summed E-state index contributed by atoms with van der Waals surface area (Å²) in [5.74, 6) is 0.180. The molecule has 2 atom stereocenters.